The van der Waals surface area contributed by atoms with Gasteiger partial charge in [0, 0.05) is 19.1 Å². The molecule has 5 heteroatoms. The van der Waals surface area contributed by atoms with Crippen molar-refractivity contribution in [2.75, 3.05) is 13.1 Å². The molecule has 1 rings (SSSR count). The first-order valence-corrected chi connectivity index (χ1v) is 7.58. The Balaban J connectivity index is 2.48. The highest BCUT2D eigenvalue weighted by Gasteiger charge is 2.33. The maximum atomic E-state index is 12.2. The summed E-state index contributed by atoms with van der Waals surface area (Å²) in [5.41, 5.74) is 0. The number of carboxylic acids is 1. The fraction of sp³-hybridized carbons (Fsp3) is 0.867. The molecule has 0 aromatic heterocycles. The van der Waals surface area contributed by atoms with Crippen molar-refractivity contribution in [3.63, 3.8) is 0 Å². The molecule has 1 aliphatic rings. The van der Waals surface area contributed by atoms with Crippen molar-refractivity contribution in [3.8, 4) is 0 Å². The first-order chi connectivity index (χ1) is 9.31. The summed E-state index contributed by atoms with van der Waals surface area (Å²) >= 11 is 0. The molecule has 0 spiro atoms. The zero-order valence-corrected chi connectivity index (χ0v) is 13.1. The van der Waals surface area contributed by atoms with Gasteiger partial charge in [-0.2, -0.15) is 0 Å². The molecule has 0 bridgehead atoms. The van der Waals surface area contributed by atoms with Crippen LogP contribution >= 0.6 is 0 Å². The lowest BCUT2D eigenvalue weighted by Gasteiger charge is -2.25. The molecule has 1 saturated carbocycles. The van der Waals surface area contributed by atoms with Crippen molar-refractivity contribution in [2.24, 2.45) is 17.8 Å². The van der Waals surface area contributed by atoms with E-state index in [2.05, 4.69) is 19.2 Å². The maximum Gasteiger partial charge on any atom is 0.317 e. The second-order valence-corrected chi connectivity index (χ2v) is 6.63. The molecule has 5 nitrogen and oxygen atoms in total. The predicted molar refractivity (Wildman–Crippen MR) is 78.5 cm³/mol. The summed E-state index contributed by atoms with van der Waals surface area (Å²) < 4.78 is 0. The van der Waals surface area contributed by atoms with Gasteiger partial charge in [-0.3, -0.25) is 4.79 Å². The summed E-state index contributed by atoms with van der Waals surface area (Å²) in [7, 11) is 0. The number of carbonyl (C=O) groups is 2. The van der Waals surface area contributed by atoms with Crippen LogP contribution in [0.2, 0.25) is 0 Å². The summed E-state index contributed by atoms with van der Waals surface area (Å²) in [5.74, 6) is -0.602. The molecule has 0 aliphatic heterocycles. The normalized spacial score (nSPS) is 16.3. The van der Waals surface area contributed by atoms with Crippen LogP contribution in [0.15, 0.2) is 0 Å². The predicted octanol–water partition coefficient (Wildman–Crippen LogP) is 2.56. The topological polar surface area (TPSA) is 69.6 Å². The zero-order valence-electron chi connectivity index (χ0n) is 13.1. The van der Waals surface area contributed by atoms with Crippen molar-refractivity contribution in [1.82, 2.24) is 10.2 Å². The average Bonchev–Trinajstić information content (AvgIpc) is 3.14. The van der Waals surface area contributed by atoms with Gasteiger partial charge >= 0.3 is 12.0 Å². The van der Waals surface area contributed by atoms with E-state index in [0.29, 0.717) is 24.3 Å². The van der Waals surface area contributed by atoms with Gasteiger partial charge in [-0.1, -0.05) is 27.7 Å². The standard InChI is InChI=1S/C15H28N2O3/c1-10(2)7-12(14(18)19)8-16-15(20)17(9-11(3)4)13-5-6-13/h10-13H,5-9H2,1-4H3,(H,16,20)(H,18,19). The lowest BCUT2D eigenvalue weighted by atomic mass is 9.97. The molecule has 1 aliphatic carbocycles. The highest BCUT2D eigenvalue weighted by Crippen LogP contribution is 2.27. The van der Waals surface area contributed by atoms with Crippen molar-refractivity contribution in [1.29, 1.82) is 0 Å². The molecule has 116 valence electrons. The third-order valence-corrected chi connectivity index (χ3v) is 3.42. The number of nitrogens with one attached hydrogen (secondary N) is 1. The number of carbonyl (C=O) groups excluding carboxylic acids is 1. The van der Waals surface area contributed by atoms with E-state index < -0.39 is 11.9 Å². The smallest absolute Gasteiger partial charge is 0.317 e. The van der Waals surface area contributed by atoms with Gasteiger partial charge in [0.1, 0.15) is 0 Å². The lowest BCUT2D eigenvalue weighted by molar-refractivity contribution is -0.142. The van der Waals surface area contributed by atoms with E-state index in [9.17, 15) is 14.7 Å². The van der Waals surface area contributed by atoms with Crippen LogP contribution in [0.25, 0.3) is 0 Å². The van der Waals surface area contributed by atoms with Crippen LogP contribution in [-0.2, 0) is 4.79 Å². The summed E-state index contributed by atoms with van der Waals surface area (Å²) in [6, 6.07) is 0.238. The van der Waals surface area contributed by atoms with Crippen molar-refractivity contribution < 1.29 is 14.7 Å². The van der Waals surface area contributed by atoms with E-state index in [4.69, 9.17) is 0 Å². The third-order valence-electron chi connectivity index (χ3n) is 3.42. The summed E-state index contributed by atoms with van der Waals surface area (Å²) in [5, 5.41) is 12.0. The van der Waals surface area contributed by atoms with E-state index in [-0.39, 0.29) is 12.6 Å². The van der Waals surface area contributed by atoms with Crippen LogP contribution in [0.3, 0.4) is 0 Å². The highest BCUT2D eigenvalue weighted by atomic mass is 16.4. The number of nitrogens with zero attached hydrogens (tertiary/aromatic N) is 1. The van der Waals surface area contributed by atoms with Gasteiger partial charge in [0.05, 0.1) is 5.92 Å². The number of carboxylic acid groups (broad SMARTS) is 1. The molecule has 0 heterocycles. The molecule has 0 saturated heterocycles. The number of rotatable bonds is 8. The van der Waals surface area contributed by atoms with E-state index in [1.807, 2.05) is 18.7 Å². The Kier molecular flexibility index (Phi) is 6.30. The highest BCUT2D eigenvalue weighted by molar-refractivity contribution is 5.76. The minimum absolute atomic E-state index is 0.115. The molecule has 1 unspecified atom stereocenters. The molecule has 0 radical (unpaired) electrons. The first kappa shape index (κ1) is 16.8. The zero-order chi connectivity index (χ0) is 15.3. The lowest BCUT2D eigenvalue weighted by Crippen LogP contribution is -2.45. The van der Waals surface area contributed by atoms with E-state index in [0.717, 1.165) is 19.4 Å². The molecular formula is C15H28N2O3. The summed E-state index contributed by atoms with van der Waals surface area (Å²) in [4.78, 5) is 25.2. The Morgan fingerprint density at radius 3 is 2.20 bits per heavy atom. The molecule has 0 aromatic carbocycles. The van der Waals surface area contributed by atoms with Crippen LogP contribution in [0.4, 0.5) is 4.79 Å². The van der Waals surface area contributed by atoms with Gasteiger partial charge in [-0.25, -0.2) is 4.79 Å². The van der Waals surface area contributed by atoms with Gasteiger partial charge in [0.2, 0.25) is 0 Å². The van der Waals surface area contributed by atoms with Gasteiger partial charge < -0.3 is 15.3 Å². The number of urea groups is 1. The Hall–Kier alpha value is -1.26. The summed E-state index contributed by atoms with van der Waals surface area (Å²) in [6.07, 6.45) is 2.71. The van der Waals surface area contributed by atoms with Crippen LogP contribution in [-0.4, -0.2) is 41.1 Å². The maximum absolute atomic E-state index is 12.2. The Morgan fingerprint density at radius 2 is 1.80 bits per heavy atom. The van der Waals surface area contributed by atoms with Gasteiger partial charge in [0.15, 0.2) is 0 Å². The van der Waals surface area contributed by atoms with Gasteiger partial charge in [-0.15, -0.1) is 0 Å². The average molecular weight is 284 g/mol. The van der Waals surface area contributed by atoms with Crippen molar-refractivity contribution in [2.45, 2.75) is 53.0 Å². The number of aliphatic carboxylic acids is 1. The van der Waals surface area contributed by atoms with Crippen molar-refractivity contribution >= 4 is 12.0 Å². The third kappa shape index (κ3) is 5.80. The molecule has 1 fully saturated rings. The Labute approximate surface area is 121 Å². The first-order valence-electron chi connectivity index (χ1n) is 7.58. The minimum Gasteiger partial charge on any atom is -0.481 e. The molecular weight excluding hydrogens is 256 g/mol. The van der Waals surface area contributed by atoms with E-state index >= 15 is 0 Å². The molecule has 2 amide bonds. The summed E-state index contributed by atoms with van der Waals surface area (Å²) in [6.45, 7) is 9.11. The van der Waals surface area contributed by atoms with E-state index in [1.54, 1.807) is 0 Å². The molecule has 20 heavy (non-hydrogen) atoms. The SMILES string of the molecule is CC(C)CC(CNC(=O)N(CC(C)C)C1CC1)C(=O)O. The fourth-order valence-electron chi connectivity index (χ4n) is 2.33. The number of hydrogen-bond acceptors (Lipinski definition) is 2. The molecule has 1 atom stereocenters. The quantitative estimate of drug-likeness (QED) is 0.719. The Bertz CT molecular complexity index is 338. The number of hydrogen-bond donors (Lipinski definition) is 2. The molecule has 0 aromatic rings. The van der Waals surface area contributed by atoms with Crippen LogP contribution in [0.5, 0.6) is 0 Å². The van der Waals surface area contributed by atoms with Crippen LogP contribution in [0.1, 0.15) is 47.0 Å². The second-order valence-electron chi connectivity index (χ2n) is 6.63. The van der Waals surface area contributed by atoms with Crippen molar-refractivity contribution in [3.05, 3.63) is 0 Å². The monoisotopic (exact) mass is 284 g/mol. The minimum atomic E-state index is -0.833. The largest absolute Gasteiger partial charge is 0.481 e. The van der Waals surface area contributed by atoms with E-state index in [1.165, 1.54) is 0 Å². The van der Waals surface area contributed by atoms with Gasteiger partial charge in [-0.05, 0) is 31.1 Å². The fourth-order valence-corrected chi connectivity index (χ4v) is 2.33. The van der Waals surface area contributed by atoms with Crippen LogP contribution < -0.4 is 5.32 Å². The Morgan fingerprint density at radius 1 is 1.20 bits per heavy atom. The van der Waals surface area contributed by atoms with Crippen LogP contribution in [0, 0.1) is 17.8 Å². The van der Waals surface area contributed by atoms with Gasteiger partial charge in [0.25, 0.3) is 0 Å². The number of amides is 2. The second kappa shape index (κ2) is 7.50. The molecule has 2 N–H and O–H groups in total.